The van der Waals surface area contributed by atoms with Crippen LogP contribution in [0.3, 0.4) is 0 Å². The molecule has 39 heavy (non-hydrogen) atoms. The average molecular weight is 534 g/mol. The molecule has 2 aromatic carbocycles. The summed E-state index contributed by atoms with van der Waals surface area (Å²) in [6.07, 6.45) is 6.35. The van der Waals surface area contributed by atoms with Crippen molar-refractivity contribution >= 4 is 23.0 Å². The number of carbonyl (C=O) groups is 1. The van der Waals surface area contributed by atoms with Crippen LogP contribution in [0.5, 0.6) is 17.2 Å². The second-order valence-electron chi connectivity index (χ2n) is 10.7. The molecule has 3 N–H and O–H groups in total. The number of pyridine rings is 1. The number of hydrogen-bond acceptors (Lipinski definition) is 7. The van der Waals surface area contributed by atoms with Crippen LogP contribution < -0.4 is 20.5 Å². The normalized spacial score (nSPS) is 15.6. The lowest BCUT2D eigenvalue weighted by Gasteiger charge is -2.29. The van der Waals surface area contributed by atoms with Gasteiger partial charge in [0.2, 0.25) is 5.91 Å². The maximum Gasteiger partial charge on any atom is 0.228 e. The van der Waals surface area contributed by atoms with Gasteiger partial charge >= 0.3 is 0 Å². The zero-order valence-electron chi connectivity index (χ0n) is 22.9. The van der Waals surface area contributed by atoms with Gasteiger partial charge in [-0.1, -0.05) is 6.07 Å². The highest BCUT2D eigenvalue weighted by atomic mass is 19.1. The molecule has 1 aliphatic rings. The van der Waals surface area contributed by atoms with E-state index in [1.54, 1.807) is 18.3 Å². The smallest absolute Gasteiger partial charge is 0.228 e. The van der Waals surface area contributed by atoms with Crippen molar-refractivity contribution < 1.29 is 18.7 Å². The van der Waals surface area contributed by atoms with Crippen LogP contribution in [0.4, 0.5) is 4.39 Å². The first-order chi connectivity index (χ1) is 18.6. The van der Waals surface area contributed by atoms with Gasteiger partial charge in [-0.2, -0.15) is 0 Å². The molecule has 0 radical (unpaired) electrons. The summed E-state index contributed by atoms with van der Waals surface area (Å²) in [4.78, 5) is 23.5. The molecule has 4 rings (SSSR count). The molecular weight excluding hydrogens is 497 g/mol. The number of hydrogen-bond donors (Lipinski definition) is 2. The molecule has 1 fully saturated rings. The minimum absolute atomic E-state index is 0.164. The number of rotatable bonds is 8. The van der Waals surface area contributed by atoms with Gasteiger partial charge in [0.25, 0.3) is 0 Å². The van der Waals surface area contributed by atoms with Crippen molar-refractivity contribution in [3.63, 3.8) is 0 Å². The van der Waals surface area contributed by atoms with Gasteiger partial charge in [0, 0.05) is 43.2 Å². The summed E-state index contributed by atoms with van der Waals surface area (Å²) >= 11 is 0. The number of amides is 1. The molecule has 0 spiro atoms. The largest absolute Gasteiger partial charge is 0.490 e. The van der Waals surface area contributed by atoms with Gasteiger partial charge in [-0.3, -0.25) is 14.8 Å². The third-order valence-electron chi connectivity index (χ3n) is 6.30. The quantitative estimate of drug-likeness (QED) is 0.397. The number of benzene rings is 2. The first-order valence-electron chi connectivity index (χ1n) is 13.1. The molecule has 1 aromatic heterocycles. The Kier molecular flexibility index (Phi) is 8.81. The van der Waals surface area contributed by atoms with Crippen molar-refractivity contribution in [2.75, 3.05) is 20.1 Å². The SMILES string of the molecule is CN1CCC(Oc2ccc3nccc(Oc4ccc(CC(=O)N/C(C=NC(C)(C)C)=C/N)c(F)c4)c3c2)CC1. The zero-order valence-corrected chi connectivity index (χ0v) is 22.9. The topological polar surface area (TPSA) is 102 Å². The number of nitrogens with one attached hydrogen (secondary N) is 1. The summed E-state index contributed by atoms with van der Waals surface area (Å²) in [6.45, 7) is 7.80. The number of piperidine rings is 1. The molecule has 8 nitrogen and oxygen atoms in total. The predicted molar refractivity (Wildman–Crippen MR) is 152 cm³/mol. The van der Waals surface area contributed by atoms with E-state index in [1.165, 1.54) is 24.5 Å². The number of aromatic nitrogens is 1. The summed E-state index contributed by atoms with van der Waals surface area (Å²) in [7, 11) is 2.12. The number of likely N-dealkylation sites (tertiary alicyclic amines) is 1. The van der Waals surface area contributed by atoms with E-state index >= 15 is 0 Å². The highest BCUT2D eigenvalue weighted by molar-refractivity contribution is 5.89. The number of ether oxygens (including phenoxy) is 2. The maximum atomic E-state index is 14.9. The standard InChI is InChI=1S/C30H36FN5O3/c1-30(2,3)34-19-21(18-32)35-29(37)15-20-5-6-24(17-26(20)31)39-28-9-12-33-27-8-7-23(16-25(27)28)38-22-10-13-36(4)14-11-22/h5-9,12,16-19,22H,10-11,13-15,32H2,1-4H3,(H,35,37)/b21-18+,34-19?. The van der Waals surface area contributed by atoms with Crippen LogP contribution in [-0.2, 0) is 11.2 Å². The van der Waals surface area contributed by atoms with E-state index in [4.69, 9.17) is 15.2 Å². The lowest BCUT2D eigenvalue weighted by Crippen LogP contribution is -2.35. The second-order valence-corrected chi connectivity index (χ2v) is 10.7. The van der Waals surface area contributed by atoms with Crippen LogP contribution in [0.2, 0.25) is 0 Å². The number of nitrogens with zero attached hydrogens (tertiary/aromatic N) is 3. The van der Waals surface area contributed by atoms with Crippen LogP contribution in [0.25, 0.3) is 10.9 Å². The third-order valence-corrected chi connectivity index (χ3v) is 6.30. The van der Waals surface area contributed by atoms with E-state index in [0.29, 0.717) is 17.2 Å². The lowest BCUT2D eigenvalue weighted by molar-refractivity contribution is -0.119. The van der Waals surface area contributed by atoms with Crippen molar-refractivity contribution in [3.05, 3.63) is 71.9 Å². The summed E-state index contributed by atoms with van der Waals surface area (Å²) < 4.78 is 27.2. The Morgan fingerprint density at radius 1 is 1.18 bits per heavy atom. The van der Waals surface area contributed by atoms with Gasteiger partial charge < -0.3 is 25.4 Å². The van der Waals surface area contributed by atoms with Crippen LogP contribution in [0.1, 0.15) is 39.2 Å². The fourth-order valence-electron chi connectivity index (χ4n) is 4.18. The molecule has 2 heterocycles. The molecule has 3 aromatic rings. The van der Waals surface area contributed by atoms with Crippen LogP contribution in [0, 0.1) is 5.82 Å². The number of fused-ring (bicyclic) bond motifs is 1. The van der Waals surface area contributed by atoms with E-state index < -0.39 is 11.7 Å². The minimum Gasteiger partial charge on any atom is -0.490 e. The molecule has 206 valence electrons. The Bertz CT molecular complexity index is 1370. The van der Waals surface area contributed by atoms with Crippen molar-refractivity contribution in [3.8, 4) is 17.2 Å². The number of aliphatic imine (C=N–C) groups is 1. The minimum atomic E-state index is -0.547. The molecule has 0 bridgehead atoms. The van der Waals surface area contributed by atoms with Gasteiger partial charge in [-0.15, -0.1) is 0 Å². The van der Waals surface area contributed by atoms with Gasteiger partial charge in [-0.05, 0) is 76.6 Å². The van der Waals surface area contributed by atoms with E-state index in [2.05, 4.69) is 27.2 Å². The Balaban J connectivity index is 1.44. The van der Waals surface area contributed by atoms with Gasteiger partial charge in [0.05, 0.1) is 23.2 Å². The fourth-order valence-corrected chi connectivity index (χ4v) is 4.18. The highest BCUT2D eigenvalue weighted by Crippen LogP contribution is 2.33. The third kappa shape index (κ3) is 8.00. The lowest BCUT2D eigenvalue weighted by atomic mass is 10.1. The molecule has 9 heteroatoms. The Morgan fingerprint density at radius 3 is 2.62 bits per heavy atom. The van der Waals surface area contributed by atoms with Gasteiger partial charge in [0.15, 0.2) is 0 Å². The van der Waals surface area contributed by atoms with Gasteiger partial charge in [0.1, 0.15) is 29.2 Å². The Labute approximate surface area is 228 Å². The second kappa shape index (κ2) is 12.3. The number of carbonyl (C=O) groups excluding carboxylic acids is 1. The molecule has 1 saturated heterocycles. The van der Waals surface area contributed by atoms with E-state index in [1.807, 2.05) is 39.0 Å². The van der Waals surface area contributed by atoms with Crippen LogP contribution in [0.15, 0.2) is 65.6 Å². The van der Waals surface area contributed by atoms with Gasteiger partial charge in [-0.25, -0.2) is 4.39 Å². The molecule has 0 unspecified atom stereocenters. The number of nitrogens with two attached hydrogens (primary N) is 1. The van der Waals surface area contributed by atoms with Crippen molar-refractivity contribution in [2.45, 2.75) is 51.7 Å². The predicted octanol–water partition coefficient (Wildman–Crippen LogP) is 4.97. The molecule has 0 atom stereocenters. The maximum absolute atomic E-state index is 14.9. The Hall–Kier alpha value is -3.98. The van der Waals surface area contributed by atoms with E-state index in [0.717, 1.165) is 42.6 Å². The van der Waals surface area contributed by atoms with E-state index in [-0.39, 0.29) is 23.6 Å². The first kappa shape index (κ1) is 28.0. The zero-order chi connectivity index (χ0) is 28.0. The highest BCUT2D eigenvalue weighted by Gasteiger charge is 2.19. The molecule has 0 saturated carbocycles. The molecule has 1 aliphatic heterocycles. The Morgan fingerprint density at radius 2 is 1.92 bits per heavy atom. The monoisotopic (exact) mass is 533 g/mol. The van der Waals surface area contributed by atoms with Crippen LogP contribution >= 0.6 is 0 Å². The molecular formula is C30H36FN5O3. The summed E-state index contributed by atoms with van der Waals surface area (Å²) in [6, 6.07) is 11.9. The van der Waals surface area contributed by atoms with Crippen molar-refractivity contribution in [1.82, 2.24) is 15.2 Å². The summed E-state index contributed by atoms with van der Waals surface area (Å²) in [5.74, 6) is 0.645. The summed E-state index contributed by atoms with van der Waals surface area (Å²) in [5.41, 5.74) is 6.60. The number of halogens is 1. The molecule has 1 amide bonds. The average Bonchev–Trinajstić information content (AvgIpc) is 2.89. The fraction of sp³-hybridized carbons (Fsp3) is 0.367. The van der Waals surface area contributed by atoms with Crippen molar-refractivity contribution in [2.24, 2.45) is 10.7 Å². The van der Waals surface area contributed by atoms with E-state index in [9.17, 15) is 9.18 Å². The molecule has 0 aliphatic carbocycles. The van der Waals surface area contributed by atoms with Crippen LogP contribution in [-0.4, -0.2) is 53.8 Å². The number of allylic oxidation sites excluding steroid dienone is 1. The first-order valence-corrected chi connectivity index (χ1v) is 13.1. The van der Waals surface area contributed by atoms with Crippen molar-refractivity contribution in [1.29, 1.82) is 0 Å². The summed E-state index contributed by atoms with van der Waals surface area (Å²) in [5, 5.41) is 3.42.